The van der Waals surface area contributed by atoms with E-state index in [1.165, 1.54) is 0 Å². The van der Waals surface area contributed by atoms with E-state index in [2.05, 4.69) is 22.2 Å². The van der Waals surface area contributed by atoms with Crippen molar-refractivity contribution in [2.45, 2.75) is 32.9 Å². The summed E-state index contributed by atoms with van der Waals surface area (Å²) in [4.78, 5) is 32.5. The molecule has 0 spiro atoms. The van der Waals surface area contributed by atoms with Crippen LogP contribution in [0.25, 0.3) is 11.1 Å². The minimum absolute atomic E-state index is 0.0629. The van der Waals surface area contributed by atoms with Crippen LogP contribution in [0.4, 0.5) is 24.8 Å². The van der Waals surface area contributed by atoms with Crippen molar-refractivity contribution in [3.05, 3.63) is 60.7 Å². The summed E-state index contributed by atoms with van der Waals surface area (Å²) < 4.78 is 33.6. The number of benzene rings is 1. The molecule has 2 aromatic heterocycles. The Hall–Kier alpha value is -3.89. The van der Waals surface area contributed by atoms with Crippen LogP contribution in [0.15, 0.2) is 55.0 Å². The van der Waals surface area contributed by atoms with Gasteiger partial charge in [0.25, 0.3) is 5.91 Å². The highest BCUT2D eigenvalue weighted by Gasteiger charge is 2.38. The predicted octanol–water partition coefficient (Wildman–Crippen LogP) is 5.12. The Labute approximate surface area is 201 Å². The van der Waals surface area contributed by atoms with Crippen LogP contribution in [0, 0.1) is 0 Å². The largest absolute Gasteiger partial charge is 0.490 e. The Morgan fingerprint density at radius 1 is 1.09 bits per heavy atom. The zero-order chi connectivity index (χ0) is 26.0. The number of carbonyl (C=O) groups is 2. The lowest BCUT2D eigenvalue weighted by Gasteiger charge is -2.20. The summed E-state index contributed by atoms with van der Waals surface area (Å²) in [6.45, 7) is 5.65. The summed E-state index contributed by atoms with van der Waals surface area (Å²) in [6.07, 6.45) is 2.50. The van der Waals surface area contributed by atoms with Gasteiger partial charge in [0.2, 0.25) is 5.95 Å². The van der Waals surface area contributed by atoms with E-state index in [4.69, 9.17) is 9.90 Å². The number of carboxylic acid groups (broad SMARTS) is 1. The summed E-state index contributed by atoms with van der Waals surface area (Å²) >= 11 is 0. The molecular weight excluding hydrogens is 463 g/mol. The molecule has 2 heterocycles. The molecule has 0 aliphatic carbocycles. The molecule has 0 atom stereocenters. The number of amides is 1. The molecule has 8 nitrogen and oxygen atoms in total. The van der Waals surface area contributed by atoms with Gasteiger partial charge in [-0.1, -0.05) is 31.5 Å². The first kappa shape index (κ1) is 27.4. The van der Waals surface area contributed by atoms with Crippen LogP contribution >= 0.6 is 0 Å². The van der Waals surface area contributed by atoms with E-state index in [1.807, 2.05) is 66.0 Å². The van der Waals surface area contributed by atoms with Gasteiger partial charge in [-0.05, 0) is 31.5 Å². The number of aromatic nitrogens is 3. The number of halogens is 3. The maximum absolute atomic E-state index is 12.9. The quantitative estimate of drug-likeness (QED) is 0.454. The number of nitrogens with zero attached hydrogens (tertiary/aromatic N) is 4. The second-order valence-corrected chi connectivity index (χ2v) is 7.55. The summed E-state index contributed by atoms with van der Waals surface area (Å²) in [5, 5.41) is 10.3. The number of nitrogens with one attached hydrogen (secondary N) is 1. The molecule has 1 aromatic carbocycles. The van der Waals surface area contributed by atoms with Gasteiger partial charge < -0.3 is 19.9 Å². The predicted molar refractivity (Wildman–Crippen MR) is 126 cm³/mol. The normalized spacial score (nSPS) is 10.8. The number of hydrogen-bond donors (Lipinski definition) is 2. The number of carboxylic acids is 1. The molecule has 1 amide bonds. The van der Waals surface area contributed by atoms with Crippen LogP contribution in [-0.2, 0) is 11.8 Å². The van der Waals surface area contributed by atoms with E-state index in [0.717, 1.165) is 36.2 Å². The van der Waals surface area contributed by atoms with E-state index in [1.54, 1.807) is 12.4 Å². The zero-order valence-corrected chi connectivity index (χ0v) is 19.7. The van der Waals surface area contributed by atoms with Crippen LogP contribution in [0.5, 0.6) is 0 Å². The Morgan fingerprint density at radius 2 is 1.69 bits per heavy atom. The standard InChI is InChI=1S/C22H27N5O.C2HF3O2/c1-4-6-12-27(5-2)21(28)20-13-17(16-26(20)3)18-14-23-22(24-15-18)25-19-10-8-7-9-11-19;3-2(4,5)1(6)7/h7-11,13-16H,4-6,12H2,1-3H3,(H,23,24,25);(H,6,7). The van der Waals surface area contributed by atoms with Crippen molar-refractivity contribution in [2.75, 3.05) is 18.4 Å². The number of aryl methyl sites for hydroxylation is 1. The van der Waals surface area contributed by atoms with Gasteiger partial charge in [-0.2, -0.15) is 13.2 Å². The molecule has 11 heteroatoms. The van der Waals surface area contributed by atoms with Crippen molar-refractivity contribution in [3.8, 4) is 11.1 Å². The number of para-hydroxylation sites is 1. The average molecular weight is 492 g/mol. The number of hydrogen-bond acceptors (Lipinski definition) is 5. The molecule has 0 radical (unpaired) electrons. The molecule has 0 aliphatic rings. The third kappa shape index (κ3) is 8.13. The van der Waals surface area contributed by atoms with Gasteiger partial charge in [0.05, 0.1) is 0 Å². The fourth-order valence-corrected chi connectivity index (χ4v) is 3.04. The number of alkyl halides is 3. The highest BCUT2D eigenvalue weighted by molar-refractivity contribution is 5.94. The number of unbranched alkanes of at least 4 members (excludes halogenated alkanes) is 1. The molecule has 0 saturated carbocycles. The van der Waals surface area contributed by atoms with E-state index < -0.39 is 12.1 Å². The minimum atomic E-state index is -5.08. The van der Waals surface area contributed by atoms with E-state index in [9.17, 15) is 18.0 Å². The van der Waals surface area contributed by atoms with Gasteiger partial charge in [0.1, 0.15) is 5.69 Å². The maximum Gasteiger partial charge on any atom is 0.490 e. The third-order valence-electron chi connectivity index (χ3n) is 4.93. The first-order valence-electron chi connectivity index (χ1n) is 11.0. The Balaban J connectivity index is 0.000000540. The summed E-state index contributed by atoms with van der Waals surface area (Å²) in [5.41, 5.74) is 3.43. The highest BCUT2D eigenvalue weighted by Crippen LogP contribution is 2.23. The molecule has 3 aromatic rings. The Kier molecular flexibility index (Phi) is 9.80. The lowest BCUT2D eigenvalue weighted by molar-refractivity contribution is -0.192. The van der Waals surface area contributed by atoms with E-state index in [-0.39, 0.29) is 5.91 Å². The second kappa shape index (κ2) is 12.5. The van der Waals surface area contributed by atoms with Gasteiger partial charge in [-0.3, -0.25) is 4.79 Å². The van der Waals surface area contributed by atoms with Gasteiger partial charge in [-0.25, -0.2) is 14.8 Å². The number of rotatable bonds is 8. The SMILES string of the molecule is CCCCN(CC)C(=O)c1cc(-c2cnc(Nc3ccccc3)nc2)cn1C.O=C(O)C(F)(F)F. The van der Waals surface area contributed by atoms with Crippen molar-refractivity contribution in [2.24, 2.45) is 7.05 Å². The van der Waals surface area contributed by atoms with Crippen LogP contribution < -0.4 is 5.32 Å². The first-order chi connectivity index (χ1) is 16.6. The average Bonchev–Trinajstić information content (AvgIpc) is 3.22. The molecule has 0 fully saturated rings. The van der Waals surface area contributed by atoms with Crippen LogP contribution in [0.1, 0.15) is 37.2 Å². The van der Waals surface area contributed by atoms with Gasteiger partial charge in [-0.15, -0.1) is 0 Å². The highest BCUT2D eigenvalue weighted by atomic mass is 19.4. The molecule has 0 saturated heterocycles. The topological polar surface area (TPSA) is 100 Å². The molecule has 0 unspecified atom stereocenters. The molecule has 35 heavy (non-hydrogen) atoms. The Morgan fingerprint density at radius 3 is 2.20 bits per heavy atom. The summed E-state index contributed by atoms with van der Waals surface area (Å²) in [7, 11) is 1.90. The smallest absolute Gasteiger partial charge is 0.475 e. The summed E-state index contributed by atoms with van der Waals surface area (Å²) in [6, 6.07) is 11.7. The molecule has 188 valence electrons. The minimum Gasteiger partial charge on any atom is -0.475 e. The van der Waals surface area contributed by atoms with Crippen LogP contribution in [-0.4, -0.2) is 55.7 Å². The lowest BCUT2D eigenvalue weighted by atomic mass is 10.2. The second-order valence-electron chi connectivity index (χ2n) is 7.55. The number of aliphatic carboxylic acids is 1. The fourth-order valence-electron chi connectivity index (χ4n) is 3.04. The molecule has 0 bridgehead atoms. The van der Waals surface area contributed by atoms with Crippen molar-refractivity contribution in [1.82, 2.24) is 19.4 Å². The van der Waals surface area contributed by atoms with E-state index >= 15 is 0 Å². The van der Waals surface area contributed by atoms with Crippen molar-refractivity contribution in [1.29, 1.82) is 0 Å². The molecular formula is C24H28F3N5O3. The van der Waals surface area contributed by atoms with Crippen LogP contribution in [0.3, 0.4) is 0 Å². The monoisotopic (exact) mass is 491 g/mol. The summed E-state index contributed by atoms with van der Waals surface area (Å²) in [5.74, 6) is -2.15. The van der Waals surface area contributed by atoms with Crippen molar-refractivity contribution < 1.29 is 27.9 Å². The first-order valence-corrected chi connectivity index (χ1v) is 11.0. The van der Waals surface area contributed by atoms with Gasteiger partial charge in [0, 0.05) is 55.5 Å². The number of carbonyl (C=O) groups excluding carboxylic acids is 1. The van der Waals surface area contributed by atoms with E-state index in [0.29, 0.717) is 18.2 Å². The van der Waals surface area contributed by atoms with Crippen molar-refractivity contribution in [3.63, 3.8) is 0 Å². The maximum atomic E-state index is 12.9. The number of anilines is 2. The molecule has 2 N–H and O–H groups in total. The van der Waals surface area contributed by atoms with Crippen LogP contribution in [0.2, 0.25) is 0 Å². The lowest BCUT2D eigenvalue weighted by Crippen LogP contribution is -2.32. The third-order valence-corrected chi connectivity index (χ3v) is 4.93. The van der Waals surface area contributed by atoms with Crippen molar-refractivity contribution >= 4 is 23.5 Å². The Bertz CT molecular complexity index is 1100. The fraction of sp³-hybridized carbons (Fsp3) is 0.333. The van der Waals surface area contributed by atoms with Gasteiger partial charge in [0.15, 0.2) is 0 Å². The molecule has 3 rings (SSSR count). The molecule has 0 aliphatic heterocycles. The van der Waals surface area contributed by atoms with Gasteiger partial charge >= 0.3 is 12.1 Å². The zero-order valence-electron chi connectivity index (χ0n) is 19.7.